The maximum absolute atomic E-state index is 13.3. The summed E-state index contributed by atoms with van der Waals surface area (Å²) in [5.74, 6) is 1.53. The number of anilines is 1. The zero-order valence-electron chi connectivity index (χ0n) is 14.0. The predicted octanol–water partition coefficient (Wildman–Crippen LogP) is 3.01. The largest absolute Gasteiger partial charge is 0.497 e. The fourth-order valence-corrected chi connectivity index (χ4v) is 4.61. The van der Waals surface area contributed by atoms with Gasteiger partial charge in [0.25, 0.3) is 5.72 Å². The van der Waals surface area contributed by atoms with Crippen LogP contribution in [0.1, 0.15) is 12.0 Å². The Morgan fingerprint density at radius 3 is 2.56 bits per heavy atom. The number of β-amino-alcohol motifs (C(OH)–C–C–N with tert-alkyl or cyclic N) is 1. The van der Waals surface area contributed by atoms with E-state index in [9.17, 15) is 9.50 Å². The van der Waals surface area contributed by atoms with Gasteiger partial charge in [0.1, 0.15) is 17.3 Å². The van der Waals surface area contributed by atoms with Crippen molar-refractivity contribution >= 4 is 22.6 Å². The van der Waals surface area contributed by atoms with Crippen LogP contribution in [0.15, 0.2) is 48.5 Å². The van der Waals surface area contributed by atoms with Gasteiger partial charge in [-0.1, -0.05) is 0 Å². The van der Waals surface area contributed by atoms with Gasteiger partial charge in [-0.2, -0.15) is 0 Å². The zero-order valence-corrected chi connectivity index (χ0v) is 14.8. The van der Waals surface area contributed by atoms with Crippen molar-refractivity contribution in [2.24, 2.45) is 0 Å². The highest BCUT2D eigenvalue weighted by Crippen LogP contribution is 2.37. The van der Waals surface area contributed by atoms with E-state index in [0.29, 0.717) is 12.1 Å². The molecule has 0 fully saturated rings. The molecule has 0 saturated heterocycles. The van der Waals surface area contributed by atoms with Crippen molar-refractivity contribution in [3.63, 3.8) is 0 Å². The highest BCUT2D eigenvalue weighted by Gasteiger charge is 2.53. The van der Waals surface area contributed by atoms with Gasteiger partial charge in [-0.3, -0.25) is 0 Å². The van der Waals surface area contributed by atoms with Crippen molar-refractivity contribution < 1.29 is 18.8 Å². The first-order valence-electron chi connectivity index (χ1n) is 8.29. The van der Waals surface area contributed by atoms with Crippen molar-refractivity contribution in [1.82, 2.24) is 0 Å². The van der Waals surface area contributed by atoms with Gasteiger partial charge in [0.2, 0.25) is 0 Å². The third kappa shape index (κ3) is 2.79. The molecule has 130 valence electrons. The van der Waals surface area contributed by atoms with Crippen LogP contribution < -0.4 is 9.64 Å². The van der Waals surface area contributed by atoms with E-state index in [1.54, 1.807) is 31.0 Å². The van der Waals surface area contributed by atoms with Crippen LogP contribution in [-0.2, 0) is 5.72 Å². The van der Waals surface area contributed by atoms with Gasteiger partial charge in [0.05, 0.1) is 13.7 Å². The summed E-state index contributed by atoms with van der Waals surface area (Å²) < 4.78 is 20.6. The van der Waals surface area contributed by atoms with E-state index in [4.69, 9.17) is 4.74 Å². The molecule has 1 N–H and O–H groups in total. The molecule has 0 spiro atoms. The zero-order chi connectivity index (χ0) is 17.4. The number of nitrogens with zero attached hydrogens (tertiary/aromatic N) is 2. The second kappa shape index (κ2) is 6.35. The first kappa shape index (κ1) is 16.4. The lowest BCUT2D eigenvalue weighted by molar-refractivity contribution is -0.656. The van der Waals surface area contributed by atoms with Crippen LogP contribution in [0.2, 0.25) is 0 Å². The Kier molecular flexibility index (Phi) is 4.17. The van der Waals surface area contributed by atoms with Crippen LogP contribution >= 0.6 is 11.8 Å². The van der Waals surface area contributed by atoms with Crippen molar-refractivity contribution in [2.45, 2.75) is 12.1 Å². The molecular weight excluding hydrogens is 339 g/mol. The molecule has 2 aromatic carbocycles. The van der Waals surface area contributed by atoms with Crippen LogP contribution in [0, 0.1) is 5.82 Å². The van der Waals surface area contributed by atoms with E-state index in [1.807, 2.05) is 28.8 Å². The summed E-state index contributed by atoms with van der Waals surface area (Å²) in [4.78, 5) is 2.13. The molecule has 0 saturated carbocycles. The molecule has 0 radical (unpaired) electrons. The van der Waals surface area contributed by atoms with E-state index in [2.05, 4.69) is 4.90 Å². The maximum atomic E-state index is 13.3. The Balaban J connectivity index is 1.75. The number of rotatable bonds is 3. The first-order chi connectivity index (χ1) is 12.1. The molecule has 2 aliphatic rings. The third-order valence-corrected chi connectivity index (χ3v) is 5.93. The Morgan fingerprint density at radius 1 is 1.16 bits per heavy atom. The van der Waals surface area contributed by atoms with Crippen LogP contribution in [0.4, 0.5) is 10.1 Å². The molecule has 1 unspecified atom stereocenters. The summed E-state index contributed by atoms with van der Waals surface area (Å²) >= 11 is 1.75. The summed E-state index contributed by atoms with van der Waals surface area (Å²) in [6, 6.07) is 14.0. The average molecular weight is 359 g/mol. The quantitative estimate of drug-likeness (QED) is 0.855. The minimum Gasteiger partial charge on any atom is -0.497 e. The number of aliphatic hydroxyl groups is 1. The van der Waals surface area contributed by atoms with Crippen molar-refractivity contribution in [1.29, 1.82) is 0 Å². The predicted molar refractivity (Wildman–Crippen MR) is 97.8 cm³/mol. The Morgan fingerprint density at radius 2 is 1.88 bits per heavy atom. The smallest absolute Gasteiger partial charge is 0.316 e. The molecule has 0 amide bonds. The molecule has 2 aromatic rings. The Labute approximate surface area is 150 Å². The number of hydrogen-bond acceptors (Lipinski definition) is 4. The summed E-state index contributed by atoms with van der Waals surface area (Å²) in [5, 5.41) is 12.5. The van der Waals surface area contributed by atoms with E-state index >= 15 is 0 Å². The Hall–Kier alpha value is -2.05. The topological polar surface area (TPSA) is 35.7 Å². The second-order valence-electron chi connectivity index (χ2n) is 6.24. The maximum Gasteiger partial charge on any atom is 0.316 e. The number of amidine groups is 1. The fraction of sp³-hybridized carbons (Fsp3) is 0.316. The van der Waals surface area contributed by atoms with E-state index < -0.39 is 5.72 Å². The number of ether oxygens (including phenoxy) is 1. The summed E-state index contributed by atoms with van der Waals surface area (Å²) in [7, 11) is 1.64. The summed E-state index contributed by atoms with van der Waals surface area (Å²) in [6.07, 6.45) is 1.01. The monoisotopic (exact) mass is 359 g/mol. The molecule has 25 heavy (non-hydrogen) atoms. The average Bonchev–Trinajstić information content (AvgIpc) is 2.97. The SMILES string of the molecule is COc1ccc(N2CC(O)(c3ccc(F)cc3)[N+]3=C2SCCC3)cc1. The number of thioether (sulfide) groups is 1. The van der Waals surface area contributed by atoms with Crippen LogP contribution in [0.25, 0.3) is 0 Å². The summed E-state index contributed by atoms with van der Waals surface area (Å²) in [6.45, 7) is 1.19. The van der Waals surface area contributed by atoms with E-state index in [-0.39, 0.29) is 5.82 Å². The van der Waals surface area contributed by atoms with Crippen LogP contribution in [0.3, 0.4) is 0 Å². The first-order valence-corrected chi connectivity index (χ1v) is 9.28. The van der Waals surface area contributed by atoms with E-state index in [1.165, 1.54) is 12.1 Å². The van der Waals surface area contributed by atoms with Gasteiger partial charge in [-0.05, 0) is 66.7 Å². The van der Waals surface area contributed by atoms with Gasteiger partial charge in [0, 0.05) is 11.3 Å². The standard InChI is InChI=1S/C19H20FN2O2S/c1-24-17-9-7-16(8-10-17)21-13-19(23,14-3-5-15(20)6-4-14)22-11-2-12-25-18(21)22/h3-10,23H,2,11-13H2,1H3/q+1. The minimum atomic E-state index is -1.16. The van der Waals surface area contributed by atoms with Gasteiger partial charge in [-0.15, -0.1) is 0 Å². The molecule has 2 heterocycles. The van der Waals surface area contributed by atoms with Crippen LogP contribution in [0.5, 0.6) is 5.75 Å². The van der Waals surface area contributed by atoms with Crippen molar-refractivity contribution in [2.75, 3.05) is 30.9 Å². The van der Waals surface area contributed by atoms with Gasteiger partial charge in [0.15, 0.2) is 6.54 Å². The van der Waals surface area contributed by atoms with Crippen molar-refractivity contribution in [3.05, 3.63) is 59.9 Å². The normalized spacial score (nSPS) is 22.9. The molecule has 0 bridgehead atoms. The van der Waals surface area contributed by atoms with Crippen LogP contribution in [-0.4, -0.2) is 40.8 Å². The second-order valence-corrected chi connectivity index (χ2v) is 7.31. The number of benzene rings is 2. The lowest BCUT2D eigenvalue weighted by Gasteiger charge is -2.24. The number of halogens is 1. The highest BCUT2D eigenvalue weighted by atomic mass is 32.2. The molecular formula is C19H20FN2O2S+. The molecule has 4 rings (SSSR count). The lowest BCUT2D eigenvalue weighted by Crippen LogP contribution is -2.41. The van der Waals surface area contributed by atoms with E-state index in [0.717, 1.165) is 35.3 Å². The molecule has 1 atom stereocenters. The lowest BCUT2D eigenvalue weighted by atomic mass is 10.0. The molecule has 0 aromatic heterocycles. The molecule has 0 aliphatic carbocycles. The van der Waals surface area contributed by atoms with Gasteiger partial charge >= 0.3 is 5.17 Å². The number of methoxy groups -OCH3 is 1. The molecule has 4 nitrogen and oxygen atoms in total. The third-order valence-electron chi connectivity index (χ3n) is 4.73. The number of hydrogen-bond donors (Lipinski definition) is 1. The van der Waals surface area contributed by atoms with Crippen molar-refractivity contribution in [3.8, 4) is 5.75 Å². The van der Waals surface area contributed by atoms with Gasteiger partial charge < -0.3 is 9.84 Å². The summed E-state index contributed by atoms with van der Waals surface area (Å²) in [5.41, 5.74) is 0.564. The fourth-order valence-electron chi connectivity index (χ4n) is 3.43. The molecule has 6 heteroatoms. The minimum absolute atomic E-state index is 0.297. The Bertz CT molecular complexity index is 807. The molecule has 2 aliphatic heterocycles. The van der Waals surface area contributed by atoms with Gasteiger partial charge in [-0.25, -0.2) is 13.9 Å². The highest BCUT2D eigenvalue weighted by molar-refractivity contribution is 8.13.